The summed E-state index contributed by atoms with van der Waals surface area (Å²) in [7, 11) is 0. The maximum absolute atomic E-state index is 11.7. The van der Waals surface area contributed by atoms with Gasteiger partial charge in [0.2, 0.25) is 0 Å². The Labute approximate surface area is 112 Å². The summed E-state index contributed by atoms with van der Waals surface area (Å²) in [5.41, 5.74) is 8.96. The largest absolute Gasteiger partial charge is 0.351 e. The number of carbonyl (C=O) groups excluding carboxylic acids is 1. The molecule has 0 saturated carbocycles. The van der Waals surface area contributed by atoms with E-state index >= 15 is 0 Å². The molecule has 19 heavy (non-hydrogen) atoms. The molecule has 5 nitrogen and oxygen atoms in total. The van der Waals surface area contributed by atoms with Crippen molar-refractivity contribution in [3.63, 3.8) is 0 Å². The fourth-order valence-corrected chi connectivity index (χ4v) is 1.93. The summed E-state index contributed by atoms with van der Waals surface area (Å²) in [5.74, 6) is -0.106. The molecule has 0 bridgehead atoms. The Kier molecular flexibility index (Phi) is 3.97. The van der Waals surface area contributed by atoms with E-state index in [9.17, 15) is 4.79 Å². The van der Waals surface area contributed by atoms with Gasteiger partial charge < -0.3 is 11.1 Å². The summed E-state index contributed by atoms with van der Waals surface area (Å²) in [6.45, 7) is 4.88. The first kappa shape index (κ1) is 13.3. The topological polar surface area (TPSA) is 72.9 Å². The Morgan fingerprint density at radius 2 is 2.00 bits per heavy atom. The van der Waals surface area contributed by atoms with Gasteiger partial charge in [-0.25, -0.2) is 4.68 Å². The van der Waals surface area contributed by atoms with Crippen LogP contribution in [0.3, 0.4) is 0 Å². The minimum Gasteiger partial charge on any atom is -0.351 e. The number of carbonyl (C=O) groups is 1. The third-order valence-corrected chi connectivity index (χ3v) is 2.81. The number of nitrogens with two attached hydrogens (primary N) is 1. The second kappa shape index (κ2) is 5.67. The Hall–Kier alpha value is -2.14. The summed E-state index contributed by atoms with van der Waals surface area (Å²) in [6, 6.07) is 9.37. The first-order chi connectivity index (χ1) is 9.11. The maximum atomic E-state index is 11.7. The van der Waals surface area contributed by atoms with Gasteiger partial charge in [0.1, 0.15) is 0 Å². The average Bonchev–Trinajstić information content (AvgIpc) is 2.75. The van der Waals surface area contributed by atoms with Gasteiger partial charge in [-0.05, 0) is 44.2 Å². The van der Waals surface area contributed by atoms with Crippen LogP contribution in [-0.4, -0.2) is 28.8 Å². The molecule has 1 amide bonds. The van der Waals surface area contributed by atoms with Crippen molar-refractivity contribution in [3.05, 3.63) is 47.3 Å². The summed E-state index contributed by atoms with van der Waals surface area (Å²) in [6.07, 6.45) is 0. The van der Waals surface area contributed by atoms with E-state index in [1.807, 2.05) is 36.7 Å². The molecule has 0 aliphatic carbocycles. The molecule has 0 spiro atoms. The van der Waals surface area contributed by atoms with Crippen molar-refractivity contribution in [1.82, 2.24) is 15.1 Å². The van der Waals surface area contributed by atoms with Crippen molar-refractivity contribution >= 4 is 5.91 Å². The van der Waals surface area contributed by atoms with Gasteiger partial charge in [-0.2, -0.15) is 5.10 Å². The van der Waals surface area contributed by atoms with E-state index in [0.717, 1.165) is 17.1 Å². The van der Waals surface area contributed by atoms with Crippen molar-refractivity contribution in [3.8, 4) is 5.69 Å². The molecule has 3 N–H and O–H groups in total. The lowest BCUT2D eigenvalue weighted by atomic mass is 10.2. The van der Waals surface area contributed by atoms with Crippen LogP contribution in [-0.2, 0) is 0 Å². The fourth-order valence-electron chi connectivity index (χ4n) is 1.93. The average molecular weight is 258 g/mol. The number of benzene rings is 1. The number of nitrogens with zero attached hydrogens (tertiary/aromatic N) is 2. The number of nitrogens with one attached hydrogen (secondary N) is 1. The van der Waals surface area contributed by atoms with Gasteiger partial charge in [-0.3, -0.25) is 4.79 Å². The van der Waals surface area contributed by atoms with E-state index < -0.39 is 0 Å². The van der Waals surface area contributed by atoms with E-state index in [2.05, 4.69) is 10.4 Å². The molecular weight excluding hydrogens is 240 g/mol. The highest BCUT2D eigenvalue weighted by Crippen LogP contribution is 2.13. The highest BCUT2D eigenvalue weighted by molar-refractivity contribution is 5.94. The second-order valence-corrected chi connectivity index (χ2v) is 4.43. The monoisotopic (exact) mass is 258 g/mol. The van der Waals surface area contributed by atoms with Crippen LogP contribution in [0.5, 0.6) is 0 Å². The lowest BCUT2D eigenvalue weighted by Gasteiger charge is -2.06. The molecule has 0 radical (unpaired) electrons. The molecular formula is C14H18N4O. The smallest absolute Gasteiger partial charge is 0.251 e. The summed E-state index contributed by atoms with van der Waals surface area (Å²) >= 11 is 0. The van der Waals surface area contributed by atoms with Gasteiger partial charge in [0, 0.05) is 24.3 Å². The van der Waals surface area contributed by atoms with Crippen molar-refractivity contribution in [1.29, 1.82) is 0 Å². The Bertz CT molecular complexity index is 572. The number of rotatable bonds is 4. The van der Waals surface area contributed by atoms with Gasteiger partial charge in [0.15, 0.2) is 0 Å². The summed E-state index contributed by atoms with van der Waals surface area (Å²) in [5, 5.41) is 7.14. The van der Waals surface area contributed by atoms with E-state index in [1.165, 1.54) is 0 Å². The summed E-state index contributed by atoms with van der Waals surface area (Å²) < 4.78 is 1.86. The highest BCUT2D eigenvalue weighted by Gasteiger charge is 2.07. The first-order valence-corrected chi connectivity index (χ1v) is 6.24. The zero-order chi connectivity index (χ0) is 13.8. The molecule has 1 aromatic heterocycles. The Morgan fingerprint density at radius 1 is 1.32 bits per heavy atom. The van der Waals surface area contributed by atoms with Crippen LogP contribution >= 0.6 is 0 Å². The van der Waals surface area contributed by atoms with Crippen LogP contribution in [0.1, 0.15) is 21.7 Å². The van der Waals surface area contributed by atoms with Crippen molar-refractivity contribution in [2.75, 3.05) is 13.1 Å². The van der Waals surface area contributed by atoms with Gasteiger partial charge >= 0.3 is 0 Å². The van der Waals surface area contributed by atoms with Crippen molar-refractivity contribution < 1.29 is 4.79 Å². The van der Waals surface area contributed by atoms with Crippen LogP contribution in [0.25, 0.3) is 5.69 Å². The van der Waals surface area contributed by atoms with Gasteiger partial charge in [0.25, 0.3) is 5.91 Å². The molecule has 0 fully saturated rings. The molecule has 0 atom stereocenters. The quantitative estimate of drug-likeness (QED) is 0.865. The number of aromatic nitrogens is 2. The molecule has 0 saturated heterocycles. The number of aryl methyl sites for hydroxylation is 2. The lowest BCUT2D eigenvalue weighted by molar-refractivity contribution is 0.0955. The molecule has 0 aliphatic heterocycles. The molecule has 0 aliphatic rings. The van der Waals surface area contributed by atoms with Gasteiger partial charge in [-0.1, -0.05) is 0 Å². The lowest BCUT2D eigenvalue weighted by Crippen LogP contribution is -2.28. The number of amides is 1. The SMILES string of the molecule is Cc1cc(C)n(-c2ccc(C(=O)NCCN)cc2)n1. The van der Waals surface area contributed by atoms with E-state index in [-0.39, 0.29) is 5.91 Å². The highest BCUT2D eigenvalue weighted by atomic mass is 16.1. The number of hydrogen-bond donors (Lipinski definition) is 2. The van der Waals surface area contributed by atoms with Gasteiger partial charge in [0.05, 0.1) is 11.4 Å². The standard InChI is InChI=1S/C14H18N4O/c1-10-9-11(2)18(17-10)13-5-3-12(4-6-13)14(19)16-8-7-15/h3-6,9H,7-8,15H2,1-2H3,(H,16,19). The van der Waals surface area contributed by atoms with Crippen LogP contribution in [0, 0.1) is 13.8 Å². The fraction of sp³-hybridized carbons (Fsp3) is 0.286. The zero-order valence-corrected chi connectivity index (χ0v) is 11.2. The summed E-state index contributed by atoms with van der Waals surface area (Å²) in [4.78, 5) is 11.7. The van der Waals surface area contributed by atoms with Crippen LogP contribution in [0.2, 0.25) is 0 Å². The van der Waals surface area contributed by atoms with Crippen LogP contribution in [0.15, 0.2) is 30.3 Å². The molecule has 2 rings (SSSR count). The third-order valence-electron chi connectivity index (χ3n) is 2.81. The van der Waals surface area contributed by atoms with Gasteiger partial charge in [-0.15, -0.1) is 0 Å². The normalized spacial score (nSPS) is 10.5. The maximum Gasteiger partial charge on any atom is 0.251 e. The third kappa shape index (κ3) is 3.00. The molecule has 1 aromatic carbocycles. The van der Waals surface area contributed by atoms with E-state index in [1.54, 1.807) is 12.1 Å². The van der Waals surface area contributed by atoms with Crippen LogP contribution in [0.4, 0.5) is 0 Å². The minimum atomic E-state index is -0.106. The molecule has 0 unspecified atom stereocenters. The molecule has 100 valence electrons. The Balaban J connectivity index is 2.19. The zero-order valence-electron chi connectivity index (χ0n) is 11.2. The second-order valence-electron chi connectivity index (χ2n) is 4.43. The predicted octanol–water partition coefficient (Wildman–Crippen LogP) is 1.18. The van der Waals surface area contributed by atoms with E-state index in [0.29, 0.717) is 18.7 Å². The predicted molar refractivity (Wildman–Crippen MR) is 74.4 cm³/mol. The van der Waals surface area contributed by atoms with Crippen molar-refractivity contribution in [2.45, 2.75) is 13.8 Å². The van der Waals surface area contributed by atoms with Crippen molar-refractivity contribution in [2.24, 2.45) is 5.73 Å². The van der Waals surface area contributed by atoms with E-state index in [4.69, 9.17) is 5.73 Å². The molecule has 2 aromatic rings. The minimum absolute atomic E-state index is 0.106. The molecule has 1 heterocycles. The first-order valence-electron chi connectivity index (χ1n) is 6.24. The Morgan fingerprint density at radius 3 is 2.53 bits per heavy atom. The molecule has 5 heteroatoms. The van der Waals surface area contributed by atoms with Crippen LogP contribution < -0.4 is 11.1 Å². The number of hydrogen-bond acceptors (Lipinski definition) is 3.